The summed E-state index contributed by atoms with van der Waals surface area (Å²) in [6.45, 7) is 5.38. The normalized spacial score (nSPS) is 21.2. The smallest absolute Gasteiger partial charge is 0.416 e. The van der Waals surface area contributed by atoms with Crippen molar-refractivity contribution < 1.29 is 32.6 Å². The largest absolute Gasteiger partial charge is 0.478 e. The molecule has 0 saturated carbocycles. The zero-order valence-corrected chi connectivity index (χ0v) is 20.5. The summed E-state index contributed by atoms with van der Waals surface area (Å²) in [6, 6.07) is 9.53. The lowest BCUT2D eigenvalue weighted by Crippen LogP contribution is -2.32. The Hall–Kier alpha value is -3.88. The van der Waals surface area contributed by atoms with Gasteiger partial charge in [0.1, 0.15) is 6.10 Å². The Morgan fingerprint density at radius 1 is 1.05 bits per heavy atom. The van der Waals surface area contributed by atoms with Crippen LogP contribution in [-0.4, -0.2) is 39.2 Å². The monoisotopic (exact) mass is 510 g/mol. The Labute approximate surface area is 211 Å². The Bertz CT molecular complexity index is 1420. The van der Waals surface area contributed by atoms with Gasteiger partial charge in [-0.05, 0) is 86.2 Å². The van der Waals surface area contributed by atoms with Crippen LogP contribution in [-0.2, 0) is 10.9 Å². The summed E-state index contributed by atoms with van der Waals surface area (Å²) in [5, 5.41) is 9.28. The summed E-state index contributed by atoms with van der Waals surface area (Å²) in [5.41, 5.74) is 3.83. The molecule has 0 radical (unpaired) electrons. The van der Waals surface area contributed by atoms with E-state index in [1.165, 1.54) is 12.1 Å². The van der Waals surface area contributed by atoms with Crippen LogP contribution in [0.5, 0.6) is 0 Å². The standard InChI is InChI=1S/C28H25F3N2O4/c1-14-10-17(26(34)35)4-6-20(14)18-11-22(15(2)32-13-18)21-7-5-19(28(29,30)31)12-23(21)25-9-8-24-16(3)37-27(36)33(24)25/h4-7,10-13,16,24-25H,8-9H2,1-3H3,(H,34,35). The molecule has 3 atom stereocenters. The molecule has 37 heavy (non-hydrogen) atoms. The van der Waals surface area contributed by atoms with E-state index in [2.05, 4.69) is 4.98 Å². The molecule has 2 aliphatic heterocycles. The molecular weight excluding hydrogens is 485 g/mol. The van der Waals surface area contributed by atoms with Crippen LogP contribution in [0.4, 0.5) is 18.0 Å². The van der Waals surface area contributed by atoms with Gasteiger partial charge < -0.3 is 9.84 Å². The molecule has 6 nitrogen and oxygen atoms in total. The highest BCUT2D eigenvalue weighted by Gasteiger charge is 2.48. The van der Waals surface area contributed by atoms with Crippen molar-refractivity contribution in [1.29, 1.82) is 0 Å². The molecule has 2 saturated heterocycles. The van der Waals surface area contributed by atoms with Gasteiger partial charge in [-0.2, -0.15) is 13.2 Å². The Balaban J connectivity index is 1.65. The highest BCUT2D eigenvalue weighted by Crippen LogP contribution is 2.47. The second-order valence-electron chi connectivity index (χ2n) is 9.65. The quantitative estimate of drug-likeness (QED) is 0.418. The number of carbonyl (C=O) groups is 2. The summed E-state index contributed by atoms with van der Waals surface area (Å²) in [4.78, 5) is 30.1. The van der Waals surface area contributed by atoms with Gasteiger partial charge in [0.2, 0.25) is 0 Å². The fraction of sp³-hybridized carbons (Fsp3) is 0.321. The first-order valence-corrected chi connectivity index (χ1v) is 12.0. The van der Waals surface area contributed by atoms with Crippen molar-refractivity contribution in [3.8, 4) is 22.3 Å². The van der Waals surface area contributed by atoms with Crippen LogP contribution >= 0.6 is 0 Å². The number of nitrogens with zero attached hydrogens (tertiary/aromatic N) is 2. The molecule has 192 valence electrons. The first kappa shape index (κ1) is 24.8. The van der Waals surface area contributed by atoms with Crippen molar-refractivity contribution in [2.24, 2.45) is 0 Å². The lowest BCUT2D eigenvalue weighted by Gasteiger charge is -2.26. The van der Waals surface area contributed by atoms with E-state index < -0.39 is 29.8 Å². The highest BCUT2D eigenvalue weighted by molar-refractivity contribution is 5.89. The summed E-state index contributed by atoms with van der Waals surface area (Å²) in [5.74, 6) is -1.03. The van der Waals surface area contributed by atoms with Gasteiger partial charge in [-0.3, -0.25) is 9.88 Å². The highest BCUT2D eigenvalue weighted by atomic mass is 19.4. The summed E-state index contributed by atoms with van der Waals surface area (Å²) >= 11 is 0. The van der Waals surface area contributed by atoms with Crippen LogP contribution < -0.4 is 0 Å². The Morgan fingerprint density at radius 2 is 1.78 bits per heavy atom. The molecule has 3 aromatic rings. The van der Waals surface area contributed by atoms with E-state index in [0.717, 1.165) is 23.3 Å². The van der Waals surface area contributed by atoms with E-state index in [9.17, 15) is 27.9 Å². The number of aromatic nitrogens is 1. The summed E-state index contributed by atoms with van der Waals surface area (Å²) in [6.07, 6.45) is -2.55. The van der Waals surface area contributed by atoms with Crippen molar-refractivity contribution in [2.45, 2.75) is 58.0 Å². The molecule has 2 fully saturated rings. The molecule has 1 aromatic heterocycles. The average Bonchev–Trinajstić information content (AvgIpc) is 3.40. The molecule has 1 amide bonds. The number of hydrogen-bond acceptors (Lipinski definition) is 4. The Morgan fingerprint density at radius 3 is 2.46 bits per heavy atom. The summed E-state index contributed by atoms with van der Waals surface area (Å²) in [7, 11) is 0. The number of fused-ring (bicyclic) bond motifs is 1. The number of alkyl halides is 3. The van der Waals surface area contributed by atoms with E-state index in [-0.39, 0.29) is 17.7 Å². The number of benzene rings is 2. The van der Waals surface area contributed by atoms with Crippen molar-refractivity contribution in [1.82, 2.24) is 9.88 Å². The maximum Gasteiger partial charge on any atom is 0.416 e. The Kier molecular flexibility index (Phi) is 5.96. The lowest BCUT2D eigenvalue weighted by molar-refractivity contribution is -0.137. The third-order valence-electron chi connectivity index (χ3n) is 7.37. The first-order chi connectivity index (χ1) is 17.5. The van der Waals surface area contributed by atoms with Gasteiger partial charge in [0.15, 0.2) is 0 Å². The van der Waals surface area contributed by atoms with Crippen molar-refractivity contribution >= 4 is 12.1 Å². The second kappa shape index (κ2) is 8.90. The lowest BCUT2D eigenvalue weighted by atomic mass is 9.89. The molecule has 5 rings (SSSR count). The minimum absolute atomic E-state index is 0.161. The number of cyclic esters (lactones) is 1. The van der Waals surface area contributed by atoms with Gasteiger partial charge in [0, 0.05) is 23.0 Å². The number of hydrogen-bond donors (Lipinski definition) is 1. The number of aromatic carboxylic acids is 1. The van der Waals surface area contributed by atoms with Gasteiger partial charge in [-0.25, -0.2) is 9.59 Å². The van der Waals surface area contributed by atoms with Crippen LogP contribution in [0.1, 0.15) is 58.5 Å². The number of amides is 1. The minimum Gasteiger partial charge on any atom is -0.478 e. The fourth-order valence-corrected chi connectivity index (χ4v) is 5.50. The van der Waals surface area contributed by atoms with Crippen LogP contribution in [0.3, 0.4) is 0 Å². The zero-order chi connectivity index (χ0) is 26.6. The van der Waals surface area contributed by atoms with Gasteiger partial charge in [0.25, 0.3) is 0 Å². The summed E-state index contributed by atoms with van der Waals surface area (Å²) < 4.78 is 46.6. The molecule has 0 bridgehead atoms. The van der Waals surface area contributed by atoms with Crippen LogP contribution in [0.15, 0.2) is 48.7 Å². The predicted octanol–water partition coefficient (Wildman–Crippen LogP) is 6.79. The van der Waals surface area contributed by atoms with Gasteiger partial charge in [-0.1, -0.05) is 12.1 Å². The molecule has 2 aromatic carbocycles. The third-order valence-corrected chi connectivity index (χ3v) is 7.37. The van der Waals surface area contributed by atoms with Crippen molar-refractivity contribution in [3.63, 3.8) is 0 Å². The predicted molar refractivity (Wildman–Crippen MR) is 130 cm³/mol. The molecule has 2 aliphatic rings. The molecule has 1 N–H and O–H groups in total. The molecule has 0 aliphatic carbocycles. The number of halogens is 3. The maximum absolute atomic E-state index is 13.7. The van der Waals surface area contributed by atoms with Crippen LogP contribution in [0.2, 0.25) is 0 Å². The molecule has 9 heteroatoms. The van der Waals surface area contributed by atoms with Crippen LogP contribution in [0.25, 0.3) is 22.3 Å². The maximum atomic E-state index is 13.7. The third kappa shape index (κ3) is 4.32. The number of carboxylic acid groups (broad SMARTS) is 1. The molecule has 0 spiro atoms. The van der Waals surface area contributed by atoms with Crippen molar-refractivity contribution in [2.75, 3.05) is 0 Å². The van der Waals surface area contributed by atoms with E-state index in [0.29, 0.717) is 40.8 Å². The second-order valence-corrected chi connectivity index (χ2v) is 9.65. The van der Waals surface area contributed by atoms with E-state index >= 15 is 0 Å². The first-order valence-electron chi connectivity index (χ1n) is 12.0. The number of carboxylic acids is 1. The zero-order valence-electron chi connectivity index (χ0n) is 20.5. The van der Waals surface area contributed by atoms with E-state index in [1.54, 1.807) is 44.0 Å². The SMILES string of the molecule is Cc1cc(C(=O)O)ccc1-c1cnc(C)c(-c2ccc(C(F)(F)F)cc2C2CCC3C(C)OC(=O)N23)c1. The number of pyridine rings is 1. The van der Waals surface area contributed by atoms with E-state index in [1.807, 2.05) is 6.07 Å². The average molecular weight is 511 g/mol. The minimum atomic E-state index is -4.54. The van der Waals surface area contributed by atoms with E-state index in [4.69, 9.17) is 4.74 Å². The molecule has 3 unspecified atom stereocenters. The molecular formula is C28H25F3N2O4. The van der Waals surface area contributed by atoms with Crippen molar-refractivity contribution in [3.05, 3.63) is 76.6 Å². The number of carbonyl (C=O) groups excluding carboxylic acids is 1. The molecule has 3 heterocycles. The fourth-order valence-electron chi connectivity index (χ4n) is 5.50. The number of rotatable bonds is 4. The van der Waals surface area contributed by atoms with Gasteiger partial charge in [0.05, 0.1) is 23.2 Å². The number of aryl methyl sites for hydroxylation is 2. The van der Waals surface area contributed by atoms with Crippen LogP contribution in [0, 0.1) is 13.8 Å². The van der Waals surface area contributed by atoms with Gasteiger partial charge >= 0.3 is 18.2 Å². The number of ether oxygens (including phenoxy) is 1. The van der Waals surface area contributed by atoms with Gasteiger partial charge in [-0.15, -0.1) is 0 Å². The topological polar surface area (TPSA) is 79.7 Å².